The number of hydrogen-bond donors (Lipinski definition) is 0. The second-order valence-corrected chi connectivity index (χ2v) is 5.75. The maximum Gasteiger partial charge on any atom is 0.153 e. The molecular weight excluding hydrogens is 296 g/mol. The molecule has 108 valence electrons. The first kappa shape index (κ1) is 13.2. The van der Waals surface area contributed by atoms with Crippen LogP contribution in [-0.2, 0) is 6.54 Å². The van der Waals surface area contributed by atoms with Crippen LogP contribution in [0.2, 0.25) is 5.15 Å². The molecule has 3 heterocycles. The number of nitrogens with zero attached hydrogens (tertiary/aromatic N) is 4. The molecule has 0 aliphatic heterocycles. The van der Waals surface area contributed by atoms with Gasteiger partial charge in [0, 0.05) is 29.9 Å². The minimum absolute atomic E-state index is 0.408. The van der Waals surface area contributed by atoms with Crippen molar-refractivity contribution in [2.45, 2.75) is 13.5 Å². The van der Waals surface area contributed by atoms with Gasteiger partial charge in [-0.15, -0.1) is 10.2 Å². The van der Waals surface area contributed by atoms with Gasteiger partial charge in [-0.25, -0.2) is 0 Å². The van der Waals surface area contributed by atoms with Gasteiger partial charge in [0.05, 0.1) is 11.0 Å². The predicted molar refractivity (Wildman–Crippen MR) is 88.1 cm³/mol. The fourth-order valence-electron chi connectivity index (χ4n) is 2.67. The molecule has 0 saturated carbocycles. The molecule has 3 aromatic heterocycles. The van der Waals surface area contributed by atoms with E-state index in [2.05, 4.69) is 44.0 Å². The van der Waals surface area contributed by atoms with E-state index in [0.29, 0.717) is 5.15 Å². The summed E-state index contributed by atoms with van der Waals surface area (Å²) in [4.78, 5) is 4.53. The number of fused-ring (bicyclic) bond motifs is 2. The molecule has 0 bridgehead atoms. The Morgan fingerprint density at radius 3 is 2.82 bits per heavy atom. The number of hydrogen-bond acceptors (Lipinski definition) is 3. The molecule has 4 rings (SSSR count). The zero-order chi connectivity index (χ0) is 15.1. The Kier molecular flexibility index (Phi) is 3.05. The summed E-state index contributed by atoms with van der Waals surface area (Å²) < 4.78 is 2.12. The number of aromatic nitrogens is 4. The van der Waals surface area contributed by atoms with Gasteiger partial charge >= 0.3 is 0 Å². The molecule has 0 radical (unpaired) electrons. The lowest BCUT2D eigenvalue weighted by molar-refractivity contribution is 0.836. The third-order valence-electron chi connectivity index (χ3n) is 3.74. The second-order valence-electron chi connectivity index (χ2n) is 5.36. The molecule has 22 heavy (non-hydrogen) atoms. The van der Waals surface area contributed by atoms with Crippen LogP contribution in [0.15, 0.2) is 48.7 Å². The number of pyridine rings is 1. The highest BCUT2D eigenvalue weighted by atomic mass is 35.5. The average molecular weight is 309 g/mol. The fourth-order valence-corrected chi connectivity index (χ4v) is 2.81. The molecule has 4 nitrogen and oxygen atoms in total. The van der Waals surface area contributed by atoms with E-state index in [9.17, 15) is 0 Å². The van der Waals surface area contributed by atoms with E-state index in [-0.39, 0.29) is 0 Å². The summed E-state index contributed by atoms with van der Waals surface area (Å²) in [6, 6.07) is 14.3. The molecule has 0 spiro atoms. The third-order valence-corrected chi connectivity index (χ3v) is 3.92. The Bertz CT molecular complexity index is 990. The highest BCUT2D eigenvalue weighted by Crippen LogP contribution is 2.20. The van der Waals surface area contributed by atoms with Gasteiger partial charge in [-0.2, -0.15) is 0 Å². The Hall–Kier alpha value is -2.46. The van der Waals surface area contributed by atoms with Crippen molar-refractivity contribution in [2.24, 2.45) is 0 Å². The zero-order valence-electron chi connectivity index (χ0n) is 12.0. The van der Waals surface area contributed by atoms with Crippen molar-refractivity contribution < 1.29 is 0 Å². The minimum atomic E-state index is 0.408. The first-order chi connectivity index (χ1) is 10.7. The number of aryl methyl sites for hydroxylation is 1. The second kappa shape index (κ2) is 5.07. The summed E-state index contributed by atoms with van der Waals surface area (Å²) in [6.45, 7) is 2.76. The summed E-state index contributed by atoms with van der Waals surface area (Å²) in [5.74, 6) is 0. The van der Waals surface area contributed by atoms with Gasteiger partial charge in [-0.3, -0.25) is 4.98 Å². The van der Waals surface area contributed by atoms with Crippen LogP contribution in [0.4, 0.5) is 0 Å². The maximum atomic E-state index is 5.95. The number of halogens is 1. The predicted octanol–water partition coefficient (Wildman–Crippen LogP) is 3.99. The molecule has 0 saturated heterocycles. The Labute approximate surface area is 132 Å². The number of benzene rings is 1. The van der Waals surface area contributed by atoms with E-state index in [0.717, 1.165) is 34.2 Å². The van der Waals surface area contributed by atoms with Crippen molar-refractivity contribution in [1.29, 1.82) is 0 Å². The van der Waals surface area contributed by atoms with Crippen molar-refractivity contribution in [3.05, 3.63) is 65.1 Å². The van der Waals surface area contributed by atoms with Gasteiger partial charge in [-0.1, -0.05) is 23.7 Å². The maximum absolute atomic E-state index is 5.95. The first-order valence-electron chi connectivity index (χ1n) is 7.03. The average Bonchev–Trinajstić information content (AvgIpc) is 2.90. The molecule has 0 aliphatic rings. The minimum Gasteiger partial charge on any atom is -0.342 e. The largest absolute Gasteiger partial charge is 0.342 e. The summed E-state index contributed by atoms with van der Waals surface area (Å²) in [5.41, 5.74) is 5.10. The van der Waals surface area contributed by atoms with Crippen molar-refractivity contribution in [3.63, 3.8) is 0 Å². The van der Waals surface area contributed by atoms with Crippen LogP contribution < -0.4 is 0 Å². The lowest BCUT2D eigenvalue weighted by Gasteiger charge is -2.07. The molecule has 0 N–H and O–H groups in total. The van der Waals surface area contributed by atoms with Crippen molar-refractivity contribution in [2.75, 3.05) is 0 Å². The molecule has 0 unspecified atom stereocenters. The van der Waals surface area contributed by atoms with Crippen molar-refractivity contribution in [1.82, 2.24) is 19.7 Å². The lowest BCUT2D eigenvalue weighted by Crippen LogP contribution is -1.98. The van der Waals surface area contributed by atoms with E-state index in [1.165, 1.54) is 5.56 Å². The normalized spacial score (nSPS) is 11.4. The molecule has 0 amide bonds. The smallest absolute Gasteiger partial charge is 0.153 e. The highest BCUT2D eigenvalue weighted by Gasteiger charge is 2.05. The van der Waals surface area contributed by atoms with Crippen LogP contribution in [0.5, 0.6) is 0 Å². The van der Waals surface area contributed by atoms with Crippen LogP contribution in [0.25, 0.3) is 21.9 Å². The van der Waals surface area contributed by atoms with Crippen LogP contribution in [0.3, 0.4) is 0 Å². The molecule has 5 heteroatoms. The topological polar surface area (TPSA) is 43.6 Å². The first-order valence-corrected chi connectivity index (χ1v) is 7.41. The lowest BCUT2D eigenvalue weighted by atomic mass is 10.1. The van der Waals surface area contributed by atoms with Crippen molar-refractivity contribution >= 4 is 33.5 Å². The Morgan fingerprint density at radius 1 is 1.00 bits per heavy atom. The molecule has 4 aromatic rings. The monoisotopic (exact) mass is 308 g/mol. The van der Waals surface area contributed by atoms with Gasteiger partial charge in [0.1, 0.15) is 5.52 Å². The Morgan fingerprint density at radius 2 is 1.91 bits per heavy atom. The Balaban J connectivity index is 1.75. The third kappa shape index (κ3) is 2.31. The standard InChI is InChI=1S/C17H13ClN4/c1-11-2-4-13-8-12(3-5-14(13)19-11)10-22-7-6-15-16(22)9-17(18)21-20-15/h2-9H,10H2,1H3. The summed E-state index contributed by atoms with van der Waals surface area (Å²) >= 11 is 5.95. The van der Waals surface area contributed by atoms with Crippen LogP contribution in [0.1, 0.15) is 11.3 Å². The molecule has 1 aromatic carbocycles. The molecule has 0 fully saturated rings. The summed E-state index contributed by atoms with van der Waals surface area (Å²) in [5, 5.41) is 9.52. The van der Waals surface area contributed by atoms with E-state index in [1.54, 1.807) is 0 Å². The summed E-state index contributed by atoms with van der Waals surface area (Å²) in [6.07, 6.45) is 2.01. The van der Waals surface area contributed by atoms with E-state index >= 15 is 0 Å². The fraction of sp³-hybridized carbons (Fsp3) is 0.118. The highest BCUT2D eigenvalue weighted by molar-refractivity contribution is 6.29. The zero-order valence-corrected chi connectivity index (χ0v) is 12.7. The van der Waals surface area contributed by atoms with Crippen LogP contribution in [-0.4, -0.2) is 19.7 Å². The molecule has 0 atom stereocenters. The van der Waals surface area contributed by atoms with Crippen LogP contribution >= 0.6 is 11.6 Å². The van der Waals surface area contributed by atoms with Gasteiger partial charge in [0.15, 0.2) is 5.15 Å². The van der Waals surface area contributed by atoms with Gasteiger partial charge < -0.3 is 4.57 Å². The van der Waals surface area contributed by atoms with E-state index in [1.807, 2.05) is 31.3 Å². The number of rotatable bonds is 2. The van der Waals surface area contributed by atoms with Gasteiger partial charge in [0.2, 0.25) is 0 Å². The summed E-state index contributed by atoms with van der Waals surface area (Å²) in [7, 11) is 0. The van der Waals surface area contributed by atoms with Gasteiger partial charge in [-0.05, 0) is 36.8 Å². The SMILES string of the molecule is Cc1ccc2cc(Cn3ccc4nnc(Cl)cc43)ccc2n1. The van der Waals surface area contributed by atoms with Gasteiger partial charge in [0.25, 0.3) is 0 Å². The van der Waals surface area contributed by atoms with E-state index < -0.39 is 0 Å². The quantitative estimate of drug-likeness (QED) is 0.562. The van der Waals surface area contributed by atoms with Crippen LogP contribution in [0, 0.1) is 6.92 Å². The van der Waals surface area contributed by atoms with Crippen molar-refractivity contribution in [3.8, 4) is 0 Å². The van der Waals surface area contributed by atoms with E-state index in [4.69, 9.17) is 11.6 Å². The molecular formula is C17H13ClN4. The molecule has 0 aliphatic carbocycles.